The zero-order valence-electron chi connectivity index (χ0n) is 9.41. The third-order valence-corrected chi connectivity index (χ3v) is 2.72. The molecule has 0 aromatic heterocycles. The van der Waals surface area contributed by atoms with E-state index in [1.807, 2.05) is 0 Å². The quantitative estimate of drug-likeness (QED) is 0.855. The second-order valence-electron chi connectivity index (χ2n) is 3.71. The first-order chi connectivity index (χ1) is 8.88. The molecule has 0 saturated carbocycles. The Hall–Kier alpha value is -1.88. The van der Waals surface area contributed by atoms with Crippen molar-refractivity contribution in [3.8, 4) is 17.2 Å². The number of phenols is 1. The van der Waals surface area contributed by atoms with Crippen LogP contribution in [0.4, 0.5) is 13.2 Å². The van der Waals surface area contributed by atoms with Crippen LogP contribution in [0, 0.1) is 0 Å². The van der Waals surface area contributed by atoms with Crippen LogP contribution >= 0.6 is 11.6 Å². The van der Waals surface area contributed by atoms with Crippen LogP contribution in [0.15, 0.2) is 42.5 Å². The van der Waals surface area contributed by atoms with Crippen LogP contribution in [0.2, 0.25) is 5.02 Å². The van der Waals surface area contributed by atoms with Crippen LogP contribution in [0.5, 0.6) is 17.2 Å². The first-order valence-corrected chi connectivity index (χ1v) is 5.58. The maximum Gasteiger partial charge on any atom is 0.417 e. The molecule has 2 aromatic rings. The lowest BCUT2D eigenvalue weighted by Gasteiger charge is -2.13. The van der Waals surface area contributed by atoms with E-state index >= 15 is 0 Å². The van der Waals surface area contributed by atoms with Crippen molar-refractivity contribution in [2.45, 2.75) is 6.18 Å². The Balaban J connectivity index is 2.33. The summed E-state index contributed by atoms with van der Waals surface area (Å²) in [6, 6.07) is 8.99. The van der Waals surface area contributed by atoms with Crippen molar-refractivity contribution in [2.24, 2.45) is 0 Å². The van der Waals surface area contributed by atoms with Gasteiger partial charge in [0, 0.05) is 0 Å². The lowest BCUT2D eigenvalue weighted by Crippen LogP contribution is -2.06. The topological polar surface area (TPSA) is 29.5 Å². The second kappa shape index (κ2) is 5.01. The molecule has 19 heavy (non-hydrogen) atoms. The van der Waals surface area contributed by atoms with Crippen molar-refractivity contribution in [1.29, 1.82) is 0 Å². The Morgan fingerprint density at radius 1 is 1.00 bits per heavy atom. The molecule has 0 radical (unpaired) electrons. The number of phenolic OH excluding ortho intramolecular Hbond substituents is 1. The molecule has 0 aliphatic rings. The van der Waals surface area contributed by atoms with Gasteiger partial charge in [-0.3, -0.25) is 0 Å². The molecular weight excluding hydrogens is 281 g/mol. The molecule has 2 rings (SSSR count). The Morgan fingerprint density at radius 2 is 1.63 bits per heavy atom. The summed E-state index contributed by atoms with van der Waals surface area (Å²) in [5, 5.41) is 8.60. The van der Waals surface area contributed by atoms with Gasteiger partial charge in [0.15, 0.2) is 0 Å². The largest absolute Gasteiger partial charge is 0.508 e. The Bertz CT molecular complexity index is 579. The number of ether oxygens (including phenoxy) is 1. The summed E-state index contributed by atoms with van der Waals surface area (Å²) in [6.07, 6.45) is -4.54. The Kier molecular flexibility index (Phi) is 3.57. The highest BCUT2D eigenvalue weighted by Crippen LogP contribution is 2.40. The third-order valence-electron chi connectivity index (χ3n) is 2.33. The van der Waals surface area contributed by atoms with Gasteiger partial charge in [-0.15, -0.1) is 0 Å². The van der Waals surface area contributed by atoms with Crippen molar-refractivity contribution in [3.05, 3.63) is 53.1 Å². The molecule has 0 saturated heterocycles. The van der Waals surface area contributed by atoms with Crippen molar-refractivity contribution in [3.63, 3.8) is 0 Å². The summed E-state index contributed by atoms with van der Waals surface area (Å²) in [5.74, 6) is 0.212. The first kappa shape index (κ1) is 13.5. The van der Waals surface area contributed by atoms with E-state index in [0.717, 1.165) is 6.07 Å². The van der Waals surface area contributed by atoms with Gasteiger partial charge in [0.1, 0.15) is 17.2 Å². The molecular formula is C13H8ClF3O2. The van der Waals surface area contributed by atoms with Gasteiger partial charge in [-0.25, -0.2) is 0 Å². The number of benzene rings is 2. The predicted molar refractivity (Wildman–Crippen MR) is 64.6 cm³/mol. The molecule has 100 valence electrons. The number of aromatic hydroxyl groups is 1. The van der Waals surface area contributed by atoms with E-state index in [4.69, 9.17) is 21.4 Å². The zero-order chi connectivity index (χ0) is 14.0. The van der Waals surface area contributed by atoms with Gasteiger partial charge in [0.25, 0.3) is 0 Å². The minimum Gasteiger partial charge on any atom is -0.508 e. The molecule has 0 fully saturated rings. The third kappa shape index (κ3) is 3.12. The first-order valence-electron chi connectivity index (χ1n) is 5.20. The Labute approximate surface area is 112 Å². The minimum absolute atomic E-state index is 0.0301. The molecule has 0 aliphatic heterocycles. The maximum atomic E-state index is 12.6. The fourth-order valence-corrected chi connectivity index (χ4v) is 1.72. The highest BCUT2D eigenvalue weighted by Gasteiger charge is 2.34. The van der Waals surface area contributed by atoms with Gasteiger partial charge in [0.2, 0.25) is 0 Å². The molecule has 0 bridgehead atoms. The number of hydrogen-bond acceptors (Lipinski definition) is 2. The number of hydrogen-bond donors (Lipinski definition) is 1. The summed E-state index contributed by atoms with van der Waals surface area (Å²) < 4.78 is 43.2. The zero-order valence-corrected chi connectivity index (χ0v) is 10.2. The van der Waals surface area contributed by atoms with Gasteiger partial charge in [0.05, 0.1) is 10.6 Å². The van der Waals surface area contributed by atoms with Crippen LogP contribution in [0.3, 0.4) is 0 Å². The second-order valence-corrected chi connectivity index (χ2v) is 4.09. The smallest absolute Gasteiger partial charge is 0.417 e. The van der Waals surface area contributed by atoms with Crippen molar-refractivity contribution in [2.75, 3.05) is 0 Å². The highest BCUT2D eigenvalue weighted by atomic mass is 35.5. The van der Waals surface area contributed by atoms with E-state index in [-0.39, 0.29) is 17.2 Å². The van der Waals surface area contributed by atoms with E-state index < -0.39 is 16.8 Å². The van der Waals surface area contributed by atoms with E-state index in [1.165, 1.54) is 36.4 Å². The van der Waals surface area contributed by atoms with Gasteiger partial charge < -0.3 is 9.84 Å². The van der Waals surface area contributed by atoms with Crippen LogP contribution in [-0.2, 0) is 6.18 Å². The van der Waals surface area contributed by atoms with Gasteiger partial charge >= 0.3 is 6.18 Å². The molecule has 0 unspecified atom stereocenters. The lowest BCUT2D eigenvalue weighted by atomic mass is 10.2. The molecule has 1 N–H and O–H groups in total. The van der Waals surface area contributed by atoms with Crippen molar-refractivity contribution >= 4 is 11.6 Å². The average molecular weight is 289 g/mol. The summed E-state index contributed by atoms with van der Waals surface area (Å²) in [7, 11) is 0. The standard InChI is InChI=1S/C13H8ClF3O2/c14-12-10(13(15,16)17)2-1-3-11(12)19-9-6-4-8(18)5-7-9/h1-7,18H. The van der Waals surface area contributed by atoms with Crippen LogP contribution in [0.25, 0.3) is 0 Å². The fraction of sp³-hybridized carbons (Fsp3) is 0.0769. The van der Waals surface area contributed by atoms with Gasteiger partial charge in [-0.05, 0) is 36.4 Å². The van der Waals surface area contributed by atoms with E-state index in [2.05, 4.69) is 0 Å². The molecule has 0 heterocycles. The van der Waals surface area contributed by atoms with Gasteiger partial charge in [-0.1, -0.05) is 17.7 Å². The minimum atomic E-state index is -4.54. The summed E-state index contributed by atoms with van der Waals surface area (Å²) >= 11 is 5.68. The summed E-state index contributed by atoms with van der Waals surface area (Å²) in [4.78, 5) is 0. The van der Waals surface area contributed by atoms with Crippen LogP contribution in [0.1, 0.15) is 5.56 Å². The molecule has 2 nitrogen and oxygen atoms in total. The number of halogens is 4. The predicted octanol–water partition coefficient (Wildman–Crippen LogP) is 4.86. The molecule has 0 spiro atoms. The fourth-order valence-electron chi connectivity index (χ4n) is 1.45. The van der Waals surface area contributed by atoms with E-state index in [0.29, 0.717) is 0 Å². The van der Waals surface area contributed by atoms with Gasteiger partial charge in [-0.2, -0.15) is 13.2 Å². The number of alkyl halides is 3. The molecule has 0 aliphatic carbocycles. The normalized spacial score (nSPS) is 11.4. The van der Waals surface area contributed by atoms with Crippen molar-refractivity contribution < 1.29 is 23.0 Å². The van der Waals surface area contributed by atoms with E-state index in [9.17, 15) is 13.2 Å². The van der Waals surface area contributed by atoms with E-state index in [1.54, 1.807) is 0 Å². The van der Waals surface area contributed by atoms with Crippen molar-refractivity contribution in [1.82, 2.24) is 0 Å². The summed E-state index contributed by atoms with van der Waals surface area (Å²) in [5.41, 5.74) is -0.953. The maximum absolute atomic E-state index is 12.6. The molecule has 6 heteroatoms. The molecule has 0 atom stereocenters. The highest BCUT2D eigenvalue weighted by molar-refractivity contribution is 6.32. The number of rotatable bonds is 2. The lowest BCUT2D eigenvalue weighted by molar-refractivity contribution is -0.137. The Morgan fingerprint density at radius 3 is 2.21 bits per heavy atom. The van der Waals surface area contributed by atoms with Crippen LogP contribution in [-0.4, -0.2) is 5.11 Å². The summed E-state index contributed by atoms with van der Waals surface area (Å²) in [6.45, 7) is 0. The average Bonchev–Trinajstić information content (AvgIpc) is 2.33. The molecule has 2 aromatic carbocycles. The molecule has 0 amide bonds. The van der Waals surface area contributed by atoms with Crippen LogP contribution < -0.4 is 4.74 Å². The SMILES string of the molecule is Oc1ccc(Oc2cccc(C(F)(F)F)c2Cl)cc1. The monoisotopic (exact) mass is 288 g/mol.